The van der Waals surface area contributed by atoms with Crippen molar-refractivity contribution in [2.45, 2.75) is 0 Å². The first-order valence-corrected chi connectivity index (χ1v) is 19.8. The minimum absolute atomic E-state index is 1.03. The average Bonchev–Trinajstić information content (AvgIpc) is 3.66. The van der Waals surface area contributed by atoms with E-state index in [0.717, 1.165) is 33.2 Å². The summed E-state index contributed by atoms with van der Waals surface area (Å²) in [6.45, 7) is 8.16. The highest BCUT2D eigenvalue weighted by atomic mass is 32.1. The van der Waals surface area contributed by atoms with Gasteiger partial charge >= 0.3 is 0 Å². The predicted molar refractivity (Wildman–Crippen MR) is 246 cm³/mol. The van der Waals surface area contributed by atoms with E-state index in [2.05, 4.69) is 200 Å². The fourth-order valence-electron chi connectivity index (χ4n) is 8.39. The van der Waals surface area contributed by atoms with E-state index in [1.807, 2.05) is 29.6 Å². The number of hydrogen-bond acceptors (Lipinski definition) is 1. The van der Waals surface area contributed by atoms with Crippen molar-refractivity contribution in [3.63, 3.8) is 0 Å². The maximum Gasteiger partial charge on any atom is 0.0540 e. The van der Waals surface area contributed by atoms with E-state index >= 15 is 0 Å². The molecule has 56 heavy (non-hydrogen) atoms. The molecular weight excluding hydrogens is 695 g/mol. The summed E-state index contributed by atoms with van der Waals surface area (Å²) in [5, 5.41) is 9.67. The summed E-state index contributed by atoms with van der Waals surface area (Å²) >= 11 is 1.87. The van der Waals surface area contributed by atoms with Crippen molar-refractivity contribution >= 4 is 80.4 Å². The Morgan fingerprint density at radius 3 is 1.75 bits per heavy atom. The molecule has 8 aromatic carbocycles. The molecule has 1 nitrogen and oxygen atoms in total. The molecule has 0 fully saturated rings. The Balaban J connectivity index is 1.40. The lowest BCUT2D eigenvalue weighted by Crippen LogP contribution is -1.99. The topological polar surface area (TPSA) is 4.93 Å². The summed E-state index contributed by atoms with van der Waals surface area (Å²) in [5.74, 6) is 0. The molecule has 0 aliphatic carbocycles. The van der Waals surface area contributed by atoms with Crippen molar-refractivity contribution in [3.05, 3.63) is 219 Å². The molecule has 0 unspecified atom stereocenters. The predicted octanol–water partition coefficient (Wildman–Crippen LogP) is 15.7. The van der Waals surface area contributed by atoms with Crippen molar-refractivity contribution in [2.24, 2.45) is 0 Å². The van der Waals surface area contributed by atoms with Gasteiger partial charge in [0.25, 0.3) is 0 Å². The second-order valence-electron chi connectivity index (χ2n) is 14.1. The largest absolute Gasteiger partial charge is 0.309 e. The molecule has 0 bridgehead atoms. The quantitative estimate of drug-likeness (QED) is 0.150. The highest BCUT2D eigenvalue weighted by Crippen LogP contribution is 2.41. The van der Waals surface area contributed by atoms with E-state index in [4.69, 9.17) is 0 Å². The van der Waals surface area contributed by atoms with Gasteiger partial charge in [-0.2, -0.15) is 0 Å². The van der Waals surface area contributed by atoms with Crippen LogP contribution in [-0.4, -0.2) is 4.57 Å². The Kier molecular flexibility index (Phi) is 8.40. The first-order valence-electron chi connectivity index (χ1n) is 19.0. The molecule has 0 aliphatic rings. The van der Waals surface area contributed by atoms with Gasteiger partial charge in [0.15, 0.2) is 0 Å². The van der Waals surface area contributed by atoms with Gasteiger partial charge in [0.2, 0.25) is 0 Å². The molecule has 0 amide bonds. The summed E-state index contributed by atoms with van der Waals surface area (Å²) in [5.41, 5.74) is 10.2. The fraction of sp³-hybridized carbons (Fsp3) is 0. The number of fused-ring (bicyclic) bond motifs is 10. The Labute approximate surface area is 330 Å². The van der Waals surface area contributed by atoms with Crippen LogP contribution in [0.15, 0.2) is 213 Å². The molecular formula is C54H37NS. The molecule has 10 aromatic rings. The Bertz CT molecular complexity index is 3280. The lowest BCUT2D eigenvalue weighted by molar-refractivity contribution is 1.17. The normalized spacial score (nSPS) is 11.8. The van der Waals surface area contributed by atoms with Crippen LogP contribution in [0.2, 0.25) is 0 Å². The third-order valence-corrected chi connectivity index (χ3v) is 12.2. The first kappa shape index (κ1) is 33.6. The van der Waals surface area contributed by atoms with E-state index in [1.54, 1.807) is 0 Å². The minimum atomic E-state index is 1.03. The Hall–Kier alpha value is -7.00. The summed E-state index contributed by atoms with van der Waals surface area (Å²) in [7, 11) is 0. The van der Waals surface area contributed by atoms with Crippen LogP contribution in [0, 0.1) is 0 Å². The van der Waals surface area contributed by atoms with Gasteiger partial charge in [0.05, 0.1) is 11.0 Å². The summed E-state index contributed by atoms with van der Waals surface area (Å²) < 4.78 is 5.09. The van der Waals surface area contributed by atoms with Crippen molar-refractivity contribution in [1.29, 1.82) is 0 Å². The van der Waals surface area contributed by atoms with Gasteiger partial charge in [-0.1, -0.05) is 171 Å². The summed E-state index contributed by atoms with van der Waals surface area (Å²) in [6, 6.07) is 66.7. The zero-order chi connectivity index (χ0) is 37.6. The van der Waals surface area contributed by atoms with Gasteiger partial charge in [-0.3, -0.25) is 0 Å². The zero-order valence-electron chi connectivity index (χ0n) is 30.8. The van der Waals surface area contributed by atoms with Gasteiger partial charge in [-0.15, -0.1) is 11.3 Å². The van der Waals surface area contributed by atoms with Crippen molar-refractivity contribution in [2.75, 3.05) is 0 Å². The smallest absolute Gasteiger partial charge is 0.0540 e. The third kappa shape index (κ3) is 5.62. The van der Waals surface area contributed by atoms with Gasteiger partial charge in [-0.05, 0) is 97.4 Å². The second-order valence-corrected chi connectivity index (χ2v) is 15.2. The number of nitrogens with zero attached hydrogens (tertiary/aromatic N) is 1. The molecule has 0 aliphatic heterocycles. The molecule has 10 rings (SSSR count). The van der Waals surface area contributed by atoms with Crippen LogP contribution in [0.5, 0.6) is 0 Å². The SMILES string of the molecule is C=C/C=C(\C=C)c1ccc2c(c1)c1ccccc1c1ccccc1c1cc(-c3ccccc3)ccc1n2-c1cccc(-c2cccc3c2sc2ccccc23)c1. The van der Waals surface area contributed by atoms with Gasteiger partial charge < -0.3 is 4.57 Å². The standard InChI is InChI=1S/C54H37NS/c1-3-16-36(4-2)38-29-31-51-49(34-38)45-23-10-8-21-43(45)44-22-9-11-24-46(44)50-35-39(37-17-6-5-7-18-37)30-32-52(50)55(51)41-20-14-19-40(33-41)42-26-15-27-48-47-25-12-13-28-53(47)56-54(42)48/h3-35H,1-2H2/b36-16+. The molecule has 0 atom stereocenters. The number of benzene rings is 8. The summed E-state index contributed by atoms with van der Waals surface area (Å²) in [4.78, 5) is 0. The van der Waals surface area contributed by atoms with E-state index in [9.17, 15) is 0 Å². The third-order valence-electron chi connectivity index (χ3n) is 11.0. The van der Waals surface area contributed by atoms with Gasteiger partial charge in [-0.25, -0.2) is 0 Å². The van der Waals surface area contributed by atoms with E-state index in [-0.39, 0.29) is 0 Å². The maximum atomic E-state index is 4.16. The molecule has 0 saturated heterocycles. The van der Waals surface area contributed by atoms with E-state index < -0.39 is 0 Å². The van der Waals surface area contributed by atoms with Crippen LogP contribution >= 0.6 is 11.3 Å². The molecule has 2 aromatic heterocycles. The zero-order valence-corrected chi connectivity index (χ0v) is 31.6. The van der Waals surface area contributed by atoms with Crippen LogP contribution in [0.3, 0.4) is 0 Å². The number of thiophene rings is 1. The highest BCUT2D eigenvalue weighted by Gasteiger charge is 2.15. The maximum absolute atomic E-state index is 4.16. The minimum Gasteiger partial charge on any atom is -0.309 e. The van der Waals surface area contributed by atoms with Crippen LogP contribution in [0.4, 0.5) is 0 Å². The lowest BCUT2D eigenvalue weighted by atomic mass is 9.98. The van der Waals surface area contributed by atoms with Gasteiger partial charge in [0.1, 0.15) is 0 Å². The van der Waals surface area contributed by atoms with E-state index in [0.29, 0.717) is 0 Å². The van der Waals surface area contributed by atoms with Gasteiger partial charge in [0, 0.05) is 36.6 Å². The fourth-order valence-corrected chi connectivity index (χ4v) is 9.63. The van der Waals surface area contributed by atoms with Crippen LogP contribution in [-0.2, 0) is 0 Å². The highest BCUT2D eigenvalue weighted by molar-refractivity contribution is 7.26. The molecule has 0 radical (unpaired) electrons. The first-order chi connectivity index (χ1) is 27.7. The molecule has 0 N–H and O–H groups in total. The molecule has 0 saturated carbocycles. The molecule has 264 valence electrons. The van der Waals surface area contributed by atoms with Crippen LogP contribution in [0.25, 0.3) is 97.0 Å². The van der Waals surface area contributed by atoms with Crippen molar-refractivity contribution in [1.82, 2.24) is 4.57 Å². The Morgan fingerprint density at radius 2 is 1.04 bits per heavy atom. The number of hydrogen-bond donors (Lipinski definition) is 0. The number of aromatic nitrogens is 1. The Morgan fingerprint density at radius 1 is 0.446 bits per heavy atom. The average molecular weight is 732 g/mol. The van der Waals surface area contributed by atoms with Crippen LogP contribution < -0.4 is 0 Å². The summed E-state index contributed by atoms with van der Waals surface area (Å²) in [6.07, 6.45) is 5.77. The van der Waals surface area contributed by atoms with E-state index in [1.165, 1.54) is 69.4 Å². The monoisotopic (exact) mass is 731 g/mol. The van der Waals surface area contributed by atoms with Crippen molar-refractivity contribution in [3.8, 4) is 27.9 Å². The molecule has 2 heterocycles. The number of allylic oxidation sites excluding steroid dienone is 4. The number of rotatable bonds is 6. The molecule has 0 spiro atoms. The van der Waals surface area contributed by atoms with Crippen molar-refractivity contribution < 1.29 is 0 Å². The molecule has 2 heteroatoms. The second kappa shape index (κ2) is 14.0. The van der Waals surface area contributed by atoms with Crippen LogP contribution in [0.1, 0.15) is 5.56 Å². The lowest BCUT2D eigenvalue weighted by Gasteiger charge is -2.17.